The number of ether oxygens (including phenoxy) is 1. The molecule has 7 heteroatoms. The van der Waals surface area contributed by atoms with Gasteiger partial charge in [-0.15, -0.1) is 0 Å². The molecule has 6 nitrogen and oxygen atoms in total. The Kier molecular flexibility index (Phi) is 4.35. The van der Waals surface area contributed by atoms with Gasteiger partial charge in [0, 0.05) is 16.7 Å². The highest BCUT2D eigenvalue weighted by Gasteiger charge is 2.11. The number of fused-ring (bicyclic) bond motifs is 1. The van der Waals surface area contributed by atoms with Gasteiger partial charge >= 0.3 is 0 Å². The van der Waals surface area contributed by atoms with Gasteiger partial charge in [0.15, 0.2) is 0 Å². The Morgan fingerprint density at radius 3 is 2.83 bits per heavy atom. The molecule has 0 aliphatic carbocycles. The molecule has 0 saturated heterocycles. The number of halogens is 1. The monoisotopic (exact) mass is 387 g/mol. The van der Waals surface area contributed by atoms with Crippen molar-refractivity contribution >= 4 is 27.5 Å². The van der Waals surface area contributed by atoms with Crippen LogP contribution in [0.2, 0.25) is 0 Å². The van der Waals surface area contributed by atoms with Crippen molar-refractivity contribution in [3.63, 3.8) is 0 Å². The second-order valence-electron chi connectivity index (χ2n) is 5.31. The van der Waals surface area contributed by atoms with Crippen LogP contribution in [0.1, 0.15) is 21.6 Å². The van der Waals surface area contributed by atoms with E-state index in [0.717, 1.165) is 10.0 Å². The van der Waals surface area contributed by atoms with Gasteiger partial charge < -0.3 is 10.5 Å². The van der Waals surface area contributed by atoms with Crippen LogP contribution < -0.4 is 16.0 Å². The Balaban J connectivity index is 1.92. The van der Waals surface area contributed by atoms with E-state index in [2.05, 4.69) is 20.9 Å². The lowest BCUT2D eigenvalue weighted by Gasteiger charge is -2.11. The van der Waals surface area contributed by atoms with E-state index in [1.165, 1.54) is 10.5 Å². The minimum Gasteiger partial charge on any atom is -0.486 e. The molecule has 2 aromatic heterocycles. The van der Waals surface area contributed by atoms with Gasteiger partial charge in [-0.1, -0.05) is 6.07 Å². The van der Waals surface area contributed by atoms with Gasteiger partial charge in [-0.2, -0.15) is 0 Å². The number of rotatable bonds is 4. The first-order valence-corrected chi connectivity index (χ1v) is 7.94. The zero-order chi connectivity index (χ0) is 17.3. The molecule has 24 heavy (non-hydrogen) atoms. The summed E-state index contributed by atoms with van der Waals surface area (Å²) in [5.41, 5.74) is 7.36. The number of nitrogens with zero attached hydrogens (tertiary/aromatic N) is 2. The van der Waals surface area contributed by atoms with E-state index in [0.29, 0.717) is 22.7 Å². The van der Waals surface area contributed by atoms with E-state index >= 15 is 0 Å². The van der Waals surface area contributed by atoms with Crippen LogP contribution in [0.25, 0.3) is 5.65 Å². The van der Waals surface area contributed by atoms with Crippen LogP contribution in [0.15, 0.2) is 51.9 Å². The third-order valence-corrected chi connectivity index (χ3v) is 3.92. The lowest BCUT2D eigenvalue weighted by Crippen LogP contribution is -2.17. The summed E-state index contributed by atoms with van der Waals surface area (Å²) in [5.74, 6) is -0.193. The quantitative estimate of drug-likeness (QED) is 0.744. The SMILES string of the molecule is Cc1ccc(C(N)=O)c(OCc2cc(=O)n3cc(Br)ccc3n2)c1. The van der Waals surface area contributed by atoms with Crippen LogP contribution >= 0.6 is 15.9 Å². The highest BCUT2D eigenvalue weighted by atomic mass is 79.9. The molecule has 0 unspecified atom stereocenters. The van der Waals surface area contributed by atoms with Gasteiger partial charge in [-0.25, -0.2) is 4.98 Å². The van der Waals surface area contributed by atoms with Crippen LogP contribution in [0.4, 0.5) is 0 Å². The van der Waals surface area contributed by atoms with Crippen molar-refractivity contribution < 1.29 is 9.53 Å². The fraction of sp³-hybridized carbons (Fsp3) is 0.118. The number of amides is 1. The second-order valence-corrected chi connectivity index (χ2v) is 6.23. The smallest absolute Gasteiger partial charge is 0.258 e. The van der Waals surface area contributed by atoms with Crippen molar-refractivity contribution in [2.45, 2.75) is 13.5 Å². The molecule has 0 fully saturated rings. The van der Waals surface area contributed by atoms with E-state index in [1.54, 1.807) is 36.5 Å². The third kappa shape index (κ3) is 3.30. The number of carbonyl (C=O) groups is 1. The van der Waals surface area contributed by atoms with Crippen LogP contribution in [0.3, 0.4) is 0 Å². The summed E-state index contributed by atoms with van der Waals surface area (Å²) in [5, 5.41) is 0. The molecule has 1 amide bonds. The lowest BCUT2D eigenvalue weighted by atomic mass is 10.1. The Labute approximate surface area is 146 Å². The third-order valence-electron chi connectivity index (χ3n) is 3.45. The maximum absolute atomic E-state index is 12.2. The van der Waals surface area contributed by atoms with Crippen LogP contribution in [-0.4, -0.2) is 15.3 Å². The Morgan fingerprint density at radius 1 is 1.29 bits per heavy atom. The number of nitrogens with two attached hydrogens (primary N) is 1. The predicted octanol–water partition coefficient (Wildman–Crippen LogP) is 2.44. The summed E-state index contributed by atoms with van der Waals surface area (Å²) in [7, 11) is 0. The first-order chi connectivity index (χ1) is 11.4. The van der Waals surface area contributed by atoms with Crippen molar-refractivity contribution in [3.8, 4) is 5.75 Å². The van der Waals surface area contributed by atoms with Gasteiger partial charge in [-0.3, -0.25) is 14.0 Å². The number of carbonyl (C=O) groups excluding carboxylic acids is 1. The first kappa shape index (κ1) is 16.2. The van der Waals surface area contributed by atoms with Crippen LogP contribution in [0.5, 0.6) is 5.75 Å². The average Bonchev–Trinajstić information content (AvgIpc) is 2.53. The van der Waals surface area contributed by atoms with E-state index < -0.39 is 5.91 Å². The fourth-order valence-electron chi connectivity index (χ4n) is 2.30. The molecule has 3 rings (SSSR count). The van der Waals surface area contributed by atoms with Crippen molar-refractivity contribution in [2.75, 3.05) is 0 Å². The van der Waals surface area contributed by atoms with E-state index in [-0.39, 0.29) is 12.2 Å². The summed E-state index contributed by atoms with van der Waals surface area (Å²) in [6.07, 6.45) is 1.65. The van der Waals surface area contributed by atoms with E-state index in [1.807, 2.05) is 6.92 Å². The van der Waals surface area contributed by atoms with Crippen LogP contribution in [0, 0.1) is 6.92 Å². The lowest BCUT2D eigenvalue weighted by molar-refractivity contribution is 0.0996. The summed E-state index contributed by atoms with van der Waals surface area (Å²) in [6.45, 7) is 1.95. The van der Waals surface area contributed by atoms with Gasteiger partial charge in [0.2, 0.25) is 0 Å². The molecule has 2 N–H and O–H groups in total. The molecule has 0 radical (unpaired) electrons. The number of benzene rings is 1. The van der Waals surface area contributed by atoms with Gasteiger partial charge in [0.1, 0.15) is 18.0 Å². The standard InChI is InChI=1S/C17H14BrN3O3/c1-10-2-4-13(17(19)23)14(6-10)24-9-12-7-16(22)21-8-11(18)3-5-15(21)20-12/h2-8H,9H2,1H3,(H2,19,23). The highest BCUT2D eigenvalue weighted by Crippen LogP contribution is 2.21. The zero-order valence-corrected chi connectivity index (χ0v) is 14.4. The zero-order valence-electron chi connectivity index (χ0n) is 12.8. The molecule has 0 aliphatic rings. The minimum absolute atomic E-state index is 0.0610. The first-order valence-electron chi connectivity index (χ1n) is 7.15. The number of hydrogen-bond donors (Lipinski definition) is 1. The summed E-state index contributed by atoms with van der Waals surface area (Å²) < 4.78 is 7.90. The molecule has 2 heterocycles. The van der Waals surface area contributed by atoms with Gasteiger partial charge in [-0.05, 0) is 52.7 Å². The van der Waals surface area contributed by atoms with Crippen molar-refractivity contribution in [2.24, 2.45) is 5.73 Å². The Morgan fingerprint density at radius 2 is 2.08 bits per heavy atom. The minimum atomic E-state index is -0.568. The van der Waals surface area contributed by atoms with E-state index in [4.69, 9.17) is 10.5 Å². The van der Waals surface area contributed by atoms with E-state index in [9.17, 15) is 9.59 Å². The number of hydrogen-bond acceptors (Lipinski definition) is 4. The van der Waals surface area contributed by atoms with Crippen LogP contribution in [-0.2, 0) is 6.61 Å². The van der Waals surface area contributed by atoms with Gasteiger partial charge in [0.05, 0.1) is 11.3 Å². The largest absolute Gasteiger partial charge is 0.486 e. The molecular formula is C17H14BrN3O3. The highest BCUT2D eigenvalue weighted by molar-refractivity contribution is 9.10. The molecule has 0 aliphatic heterocycles. The molecule has 0 saturated carbocycles. The summed E-state index contributed by atoms with van der Waals surface area (Å²) in [6, 6.07) is 10.1. The van der Waals surface area contributed by atoms with Crippen molar-refractivity contribution in [1.29, 1.82) is 0 Å². The number of primary amides is 1. The summed E-state index contributed by atoms with van der Waals surface area (Å²) in [4.78, 5) is 28.0. The normalized spacial score (nSPS) is 10.8. The molecule has 122 valence electrons. The molecule has 3 aromatic rings. The molecule has 0 atom stereocenters. The fourth-order valence-corrected chi connectivity index (χ4v) is 2.64. The number of aromatic nitrogens is 2. The maximum Gasteiger partial charge on any atom is 0.258 e. The average molecular weight is 388 g/mol. The van der Waals surface area contributed by atoms with Crippen molar-refractivity contribution in [1.82, 2.24) is 9.38 Å². The molecule has 0 bridgehead atoms. The molecule has 0 spiro atoms. The molecular weight excluding hydrogens is 374 g/mol. The summed E-state index contributed by atoms with van der Waals surface area (Å²) >= 11 is 3.32. The van der Waals surface area contributed by atoms with Gasteiger partial charge in [0.25, 0.3) is 11.5 Å². The predicted molar refractivity (Wildman–Crippen MR) is 93.2 cm³/mol. The maximum atomic E-state index is 12.2. The molecule has 1 aromatic carbocycles. The number of pyridine rings is 1. The second kappa shape index (κ2) is 6.45. The van der Waals surface area contributed by atoms with Crippen molar-refractivity contribution in [3.05, 3.63) is 74.2 Å². The number of aryl methyl sites for hydroxylation is 1. The topological polar surface area (TPSA) is 86.7 Å². The Bertz CT molecular complexity index is 998. The Hall–Kier alpha value is -2.67.